The minimum atomic E-state index is -1.14. The molecule has 1 aliphatic heterocycles. The number of aliphatic hydroxyl groups excluding tert-OH is 3. The van der Waals surface area contributed by atoms with Gasteiger partial charge in [-0.05, 0) is 6.92 Å². The molecule has 1 rings (SSSR count). The Bertz CT molecular complexity index is 169. The molecule has 0 bridgehead atoms. The summed E-state index contributed by atoms with van der Waals surface area (Å²) in [6, 6.07) is -0.740. The van der Waals surface area contributed by atoms with Crippen molar-refractivity contribution >= 4 is 0 Å². The Morgan fingerprint density at radius 1 is 1.31 bits per heavy atom. The van der Waals surface area contributed by atoms with Crippen molar-refractivity contribution in [3.05, 3.63) is 0 Å². The van der Waals surface area contributed by atoms with Crippen molar-refractivity contribution < 1.29 is 20.1 Å². The van der Waals surface area contributed by atoms with Crippen LogP contribution < -0.4 is 11.1 Å². The Kier molecular flexibility index (Phi) is 3.60. The number of aliphatic hydroxyl groups is 3. The molecule has 0 spiro atoms. The summed E-state index contributed by atoms with van der Waals surface area (Å²) >= 11 is 0. The third-order valence-corrected chi connectivity index (χ3v) is 2.21. The molecule has 1 aliphatic rings. The fourth-order valence-electron chi connectivity index (χ4n) is 1.40. The molecular weight excluding hydrogens is 176 g/mol. The normalized spacial score (nSPS) is 46.4. The predicted octanol–water partition coefficient (Wildman–Crippen LogP) is -2.68. The largest absolute Gasteiger partial charge is 0.388 e. The molecule has 13 heavy (non-hydrogen) atoms. The maximum atomic E-state index is 9.50. The molecule has 6 nitrogen and oxygen atoms in total. The van der Waals surface area contributed by atoms with Crippen LogP contribution in [-0.4, -0.2) is 52.6 Å². The molecule has 0 aromatic heterocycles. The van der Waals surface area contributed by atoms with Crippen LogP contribution in [0.4, 0.5) is 0 Å². The molecule has 0 aliphatic carbocycles. The van der Waals surface area contributed by atoms with E-state index >= 15 is 0 Å². The van der Waals surface area contributed by atoms with Crippen LogP contribution in [0.15, 0.2) is 0 Å². The van der Waals surface area contributed by atoms with Crippen LogP contribution in [0, 0.1) is 0 Å². The minimum Gasteiger partial charge on any atom is -0.388 e. The fourth-order valence-corrected chi connectivity index (χ4v) is 1.40. The monoisotopic (exact) mass is 192 g/mol. The number of hydrogen-bond donors (Lipinski definition) is 5. The third-order valence-electron chi connectivity index (χ3n) is 2.21. The van der Waals surface area contributed by atoms with Gasteiger partial charge in [0.15, 0.2) is 6.29 Å². The van der Waals surface area contributed by atoms with Crippen molar-refractivity contribution in [3.63, 3.8) is 0 Å². The van der Waals surface area contributed by atoms with E-state index in [-0.39, 0.29) is 6.67 Å². The molecule has 0 saturated carbocycles. The van der Waals surface area contributed by atoms with Crippen LogP contribution in [0.2, 0.25) is 0 Å². The Balaban J connectivity index is 2.61. The van der Waals surface area contributed by atoms with Gasteiger partial charge >= 0.3 is 0 Å². The van der Waals surface area contributed by atoms with E-state index < -0.39 is 30.6 Å². The number of ether oxygens (including phenoxy) is 1. The lowest BCUT2D eigenvalue weighted by molar-refractivity contribution is -0.242. The van der Waals surface area contributed by atoms with Gasteiger partial charge in [0.25, 0.3) is 0 Å². The second-order valence-electron chi connectivity index (χ2n) is 3.15. The predicted molar refractivity (Wildman–Crippen MR) is 44.5 cm³/mol. The van der Waals surface area contributed by atoms with Gasteiger partial charge in [-0.1, -0.05) is 0 Å². The number of rotatable bonds is 2. The lowest BCUT2D eigenvalue weighted by Gasteiger charge is -2.39. The Labute approximate surface area is 76.3 Å². The standard InChI is InChI=1S/C7H16N2O4/c1-3-5(10)6(11)4(9-2-8)7(12)13-3/h3-7,9-12H,2,8H2,1H3/t3-,4+,5+,6-,7?/m1/s1. The van der Waals surface area contributed by atoms with Gasteiger partial charge in [0, 0.05) is 6.67 Å². The average Bonchev–Trinajstić information content (AvgIpc) is 2.09. The lowest BCUT2D eigenvalue weighted by Crippen LogP contribution is -2.62. The summed E-state index contributed by atoms with van der Waals surface area (Å²) in [5.41, 5.74) is 5.19. The minimum absolute atomic E-state index is 0.100. The Morgan fingerprint density at radius 3 is 2.46 bits per heavy atom. The van der Waals surface area contributed by atoms with Gasteiger partial charge in [-0.25, -0.2) is 0 Å². The molecule has 5 atom stereocenters. The molecular formula is C7H16N2O4. The zero-order chi connectivity index (χ0) is 10.0. The molecule has 0 radical (unpaired) electrons. The van der Waals surface area contributed by atoms with Gasteiger partial charge in [-0.15, -0.1) is 0 Å². The number of hydrogen-bond acceptors (Lipinski definition) is 6. The molecule has 1 saturated heterocycles. The quantitative estimate of drug-likeness (QED) is 0.305. The summed E-state index contributed by atoms with van der Waals surface area (Å²) in [6.45, 7) is 1.68. The van der Waals surface area contributed by atoms with Crippen LogP contribution in [0.5, 0.6) is 0 Å². The summed E-state index contributed by atoms with van der Waals surface area (Å²) < 4.78 is 4.96. The van der Waals surface area contributed by atoms with Crippen molar-refractivity contribution in [2.75, 3.05) is 6.67 Å². The summed E-state index contributed by atoms with van der Waals surface area (Å²) in [4.78, 5) is 0. The highest BCUT2D eigenvalue weighted by Gasteiger charge is 2.41. The van der Waals surface area contributed by atoms with E-state index in [1.807, 2.05) is 0 Å². The van der Waals surface area contributed by atoms with E-state index in [2.05, 4.69) is 5.32 Å². The lowest BCUT2D eigenvalue weighted by atomic mass is 9.98. The first kappa shape index (κ1) is 10.8. The number of nitrogens with one attached hydrogen (secondary N) is 1. The van der Waals surface area contributed by atoms with Crippen LogP contribution in [0.1, 0.15) is 6.92 Å². The van der Waals surface area contributed by atoms with Gasteiger partial charge in [0.05, 0.1) is 12.1 Å². The number of nitrogens with two attached hydrogens (primary N) is 1. The zero-order valence-electron chi connectivity index (χ0n) is 7.42. The summed E-state index contributed by atoms with van der Waals surface area (Å²) in [5, 5.41) is 30.9. The first-order chi connectivity index (χ1) is 6.07. The fraction of sp³-hybridized carbons (Fsp3) is 1.00. The zero-order valence-corrected chi connectivity index (χ0v) is 7.42. The van der Waals surface area contributed by atoms with E-state index in [9.17, 15) is 15.3 Å². The van der Waals surface area contributed by atoms with E-state index in [0.29, 0.717) is 0 Å². The molecule has 6 heteroatoms. The van der Waals surface area contributed by atoms with Crippen molar-refractivity contribution in [1.82, 2.24) is 5.32 Å². The van der Waals surface area contributed by atoms with Crippen molar-refractivity contribution in [2.24, 2.45) is 5.73 Å². The third kappa shape index (κ3) is 2.16. The summed E-state index contributed by atoms with van der Waals surface area (Å²) in [6.07, 6.45) is -3.80. The molecule has 0 amide bonds. The SMILES string of the molecule is C[C@H]1OC(O)[C@@H](NCN)[C@@H](O)[C@H]1O. The smallest absolute Gasteiger partial charge is 0.173 e. The van der Waals surface area contributed by atoms with Crippen LogP contribution in [0.3, 0.4) is 0 Å². The second-order valence-corrected chi connectivity index (χ2v) is 3.15. The summed E-state index contributed by atoms with van der Waals surface area (Å²) in [7, 11) is 0. The van der Waals surface area contributed by atoms with Gasteiger partial charge in [-0.2, -0.15) is 0 Å². The van der Waals surface area contributed by atoms with Gasteiger partial charge in [0.2, 0.25) is 0 Å². The first-order valence-corrected chi connectivity index (χ1v) is 4.21. The van der Waals surface area contributed by atoms with Crippen LogP contribution in [0.25, 0.3) is 0 Å². The molecule has 1 unspecified atom stereocenters. The van der Waals surface area contributed by atoms with Crippen molar-refractivity contribution in [2.45, 2.75) is 37.6 Å². The highest BCUT2D eigenvalue weighted by atomic mass is 16.6. The average molecular weight is 192 g/mol. The van der Waals surface area contributed by atoms with Gasteiger partial charge in [0.1, 0.15) is 12.2 Å². The second kappa shape index (κ2) is 4.32. The molecule has 1 heterocycles. The Hall–Kier alpha value is -0.240. The highest BCUT2D eigenvalue weighted by Crippen LogP contribution is 2.18. The van der Waals surface area contributed by atoms with Crippen molar-refractivity contribution in [3.8, 4) is 0 Å². The van der Waals surface area contributed by atoms with Crippen LogP contribution >= 0.6 is 0 Å². The molecule has 6 N–H and O–H groups in total. The van der Waals surface area contributed by atoms with Gasteiger partial charge in [-0.3, -0.25) is 5.32 Å². The van der Waals surface area contributed by atoms with Crippen LogP contribution in [-0.2, 0) is 4.74 Å². The summed E-state index contributed by atoms with van der Waals surface area (Å²) in [5.74, 6) is 0. The maximum Gasteiger partial charge on any atom is 0.173 e. The topological polar surface area (TPSA) is 108 Å². The maximum absolute atomic E-state index is 9.50. The van der Waals surface area contributed by atoms with E-state index in [1.165, 1.54) is 0 Å². The highest BCUT2D eigenvalue weighted by molar-refractivity contribution is 4.90. The van der Waals surface area contributed by atoms with Crippen molar-refractivity contribution in [1.29, 1.82) is 0 Å². The Morgan fingerprint density at radius 2 is 1.92 bits per heavy atom. The van der Waals surface area contributed by atoms with E-state index in [4.69, 9.17) is 10.5 Å². The van der Waals surface area contributed by atoms with E-state index in [0.717, 1.165) is 0 Å². The molecule has 0 aromatic carbocycles. The van der Waals surface area contributed by atoms with Gasteiger partial charge < -0.3 is 25.8 Å². The molecule has 0 aromatic rings. The first-order valence-electron chi connectivity index (χ1n) is 4.21. The van der Waals surface area contributed by atoms with E-state index in [1.54, 1.807) is 6.92 Å². The molecule has 78 valence electrons. The molecule has 1 fully saturated rings.